The third-order valence-corrected chi connectivity index (χ3v) is 3.61. The fraction of sp³-hybridized carbons (Fsp3) is 0.375. The van der Waals surface area contributed by atoms with Crippen LogP contribution in [0.4, 0.5) is 0 Å². The Morgan fingerprint density at radius 1 is 1.30 bits per heavy atom. The lowest BCUT2D eigenvalue weighted by Crippen LogP contribution is -2.02. The van der Waals surface area contributed by atoms with Gasteiger partial charge in [-0.3, -0.25) is 9.59 Å². The highest BCUT2D eigenvalue weighted by Crippen LogP contribution is 2.14. The Morgan fingerprint density at radius 3 is 2.75 bits per heavy atom. The lowest BCUT2D eigenvalue weighted by atomic mass is 10.0. The quantitative estimate of drug-likeness (QED) is 0.570. The Kier molecular flexibility index (Phi) is 7.73. The molecule has 0 aliphatic carbocycles. The number of carbonyl (C=O) groups excluding carboxylic acids is 2. The molecule has 1 rings (SSSR count). The number of hydrogen-bond acceptors (Lipinski definition) is 4. The normalized spacial score (nSPS) is 10.7. The number of esters is 1. The van der Waals surface area contributed by atoms with Gasteiger partial charge in [-0.05, 0) is 24.0 Å². The first-order chi connectivity index (χ1) is 9.63. The summed E-state index contributed by atoms with van der Waals surface area (Å²) >= 11 is 1.34. The first-order valence-corrected chi connectivity index (χ1v) is 7.56. The number of ether oxygens (including phenoxy) is 1. The van der Waals surface area contributed by atoms with E-state index < -0.39 is 0 Å². The van der Waals surface area contributed by atoms with E-state index in [2.05, 4.69) is 10.8 Å². The molecule has 1 aromatic rings. The molecule has 0 fully saturated rings. The van der Waals surface area contributed by atoms with E-state index in [1.165, 1.54) is 18.9 Å². The highest BCUT2D eigenvalue weighted by molar-refractivity contribution is 8.13. The summed E-state index contributed by atoms with van der Waals surface area (Å²) in [5, 5.41) is 0.150. The number of hydrogen-bond donors (Lipinski definition) is 0. The molecule has 0 atom stereocenters. The minimum Gasteiger partial charge on any atom is -0.469 e. The van der Waals surface area contributed by atoms with E-state index in [-0.39, 0.29) is 11.1 Å². The summed E-state index contributed by atoms with van der Waals surface area (Å²) in [6.45, 7) is 1.58. The molecule has 0 N–H and O–H groups in total. The van der Waals surface area contributed by atoms with Crippen LogP contribution in [-0.2, 0) is 20.7 Å². The SMILES string of the molecule is COC(=O)CCc1ccccc1C=CCCSC(C)=O. The number of methoxy groups -OCH3 is 1. The maximum absolute atomic E-state index is 11.2. The molecule has 1 aromatic carbocycles. The molecule has 0 unspecified atom stereocenters. The van der Waals surface area contributed by atoms with Crippen LogP contribution in [0, 0.1) is 0 Å². The van der Waals surface area contributed by atoms with Gasteiger partial charge in [0, 0.05) is 19.1 Å². The fourth-order valence-corrected chi connectivity index (χ4v) is 2.29. The van der Waals surface area contributed by atoms with Crippen LogP contribution in [0.5, 0.6) is 0 Å². The van der Waals surface area contributed by atoms with Gasteiger partial charge in [-0.2, -0.15) is 0 Å². The first-order valence-electron chi connectivity index (χ1n) is 6.58. The third kappa shape index (κ3) is 6.57. The standard InChI is InChI=1S/C16H20O3S/c1-13(17)20-12-6-5-9-14-7-3-4-8-15(14)10-11-16(18)19-2/h3-5,7-9H,6,10-12H2,1-2H3. The second-order valence-corrected chi connectivity index (χ2v) is 5.58. The molecular formula is C16H20O3S. The minimum atomic E-state index is -0.193. The summed E-state index contributed by atoms with van der Waals surface area (Å²) in [5.74, 6) is 0.609. The lowest BCUT2D eigenvalue weighted by Gasteiger charge is -2.05. The van der Waals surface area contributed by atoms with Gasteiger partial charge in [-0.1, -0.05) is 48.2 Å². The molecule has 0 aromatic heterocycles. The number of thioether (sulfide) groups is 1. The van der Waals surface area contributed by atoms with Gasteiger partial charge in [0.1, 0.15) is 0 Å². The highest BCUT2D eigenvalue weighted by Gasteiger charge is 2.03. The van der Waals surface area contributed by atoms with Crippen LogP contribution in [0.25, 0.3) is 6.08 Å². The largest absolute Gasteiger partial charge is 0.469 e. The molecular weight excluding hydrogens is 272 g/mol. The summed E-state index contributed by atoms with van der Waals surface area (Å²) < 4.78 is 4.66. The molecule has 20 heavy (non-hydrogen) atoms. The summed E-state index contributed by atoms with van der Waals surface area (Å²) in [6, 6.07) is 8.00. The van der Waals surface area contributed by atoms with Gasteiger partial charge in [0.2, 0.25) is 0 Å². The van der Waals surface area contributed by atoms with Crippen molar-refractivity contribution in [3.63, 3.8) is 0 Å². The van der Waals surface area contributed by atoms with E-state index in [0.717, 1.165) is 23.3 Å². The van der Waals surface area contributed by atoms with Gasteiger partial charge in [0.25, 0.3) is 0 Å². The van der Waals surface area contributed by atoms with Crippen molar-refractivity contribution < 1.29 is 14.3 Å². The summed E-state index contributed by atoms with van der Waals surface area (Å²) in [4.78, 5) is 22.0. The predicted octanol–water partition coefficient (Wildman–Crippen LogP) is 3.48. The molecule has 4 heteroatoms. The monoisotopic (exact) mass is 292 g/mol. The van der Waals surface area contributed by atoms with E-state index in [0.29, 0.717) is 12.8 Å². The summed E-state index contributed by atoms with van der Waals surface area (Å²) in [5.41, 5.74) is 2.25. The van der Waals surface area contributed by atoms with Crippen LogP contribution < -0.4 is 0 Å². The number of aryl methyl sites for hydroxylation is 1. The van der Waals surface area contributed by atoms with E-state index in [1.54, 1.807) is 6.92 Å². The molecule has 0 aliphatic heterocycles. The predicted molar refractivity (Wildman–Crippen MR) is 83.6 cm³/mol. The van der Waals surface area contributed by atoms with Gasteiger partial charge < -0.3 is 4.74 Å². The van der Waals surface area contributed by atoms with Gasteiger partial charge in [-0.15, -0.1) is 0 Å². The van der Waals surface area contributed by atoms with Crippen LogP contribution in [0.3, 0.4) is 0 Å². The average molecular weight is 292 g/mol. The molecule has 0 aliphatic rings. The smallest absolute Gasteiger partial charge is 0.305 e. The Balaban J connectivity index is 2.54. The minimum absolute atomic E-state index is 0.150. The molecule has 108 valence electrons. The number of benzene rings is 1. The maximum atomic E-state index is 11.2. The van der Waals surface area contributed by atoms with Gasteiger partial charge in [-0.25, -0.2) is 0 Å². The zero-order valence-corrected chi connectivity index (χ0v) is 12.7. The zero-order valence-electron chi connectivity index (χ0n) is 11.9. The van der Waals surface area contributed by atoms with Crippen molar-refractivity contribution in [3.8, 4) is 0 Å². The third-order valence-electron chi connectivity index (χ3n) is 2.77. The van der Waals surface area contributed by atoms with Crippen LogP contribution in [0.15, 0.2) is 30.3 Å². The molecule has 0 saturated carbocycles. The molecule has 0 spiro atoms. The Morgan fingerprint density at radius 2 is 2.05 bits per heavy atom. The molecule has 3 nitrogen and oxygen atoms in total. The maximum Gasteiger partial charge on any atom is 0.305 e. The van der Waals surface area contributed by atoms with Crippen molar-refractivity contribution in [2.75, 3.05) is 12.9 Å². The topological polar surface area (TPSA) is 43.4 Å². The Labute approximate surface area is 124 Å². The Hall–Kier alpha value is -1.55. The zero-order chi connectivity index (χ0) is 14.8. The summed E-state index contributed by atoms with van der Waals surface area (Å²) in [6.07, 6.45) is 6.03. The van der Waals surface area contributed by atoms with Crippen molar-refractivity contribution in [1.82, 2.24) is 0 Å². The highest BCUT2D eigenvalue weighted by atomic mass is 32.2. The van der Waals surface area contributed by atoms with E-state index in [4.69, 9.17) is 0 Å². The number of rotatable bonds is 7. The molecule has 0 amide bonds. The lowest BCUT2D eigenvalue weighted by molar-refractivity contribution is -0.140. The van der Waals surface area contributed by atoms with E-state index >= 15 is 0 Å². The van der Waals surface area contributed by atoms with Crippen molar-refractivity contribution in [3.05, 3.63) is 41.5 Å². The van der Waals surface area contributed by atoms with Crippen LogP contribution in [-0.4, -0.2) is 23.9 Å². The molecule has 0 saturated heterocycles. The van der Waals surface area contributed by atoms with Crippen LogP contribution in [0.1, 0.15) is 30.9 Å². The van der Waals surface area contributed by atoms with E-state index in [9.17, 15) is 9.59 Å². The van der Waals surface area contributed by atoms with Crippen molar-refractivity contribution in [2.24, 2.45) is 0 Å². The average Bonchev–Trinajstić information content (AvgIpc) is 2.45. The molecule has 0 radical (unpaired) electrons. The van der Waals surface area contributed by atoms with E-state index in [1.807, 2.05) is 30.3 Å². The van der Waals surface area contributed by atoms with Crippen molar-refractivity contribution in [1.29, 1.82) is 0 Å². The number of carbonyl (C=O) groups is 2. The van der Waals surface area contributed by atoms with Crippen molar-refractivity contribution in [2.45, 2.75) is 26.2 Å². The second-order valence-electron chi connectivity index (χ2n) is 4.31. The van der Waals surface area contributed by atoms with Crippen molar-refractivity contribution >= 4 is 28.9 Å². The fourth-order valence-electron chi connectivity index (χ4n) is 1.74. The Bertz CT molecular complexity index is 480. The first kappa shape index (κ1) is 16.5. The second kappa shape index (κ2) is 9.37. The van der Waals surface area contributed by atoms with Crippen LogP contribution in [0.2, 0.25) is 0 Å². The van der Waals surface area contributed by atoms with Gasteiger partial charge >= 0.3 is 5.97 Å². The van der Waals surface area contributed by atoms with Gasteiger partial charge in [0.15, 0.2) is 5.12 Å². The summed E-state index contributed by atoms with van der Waals surface area (Å²) in [7, 11) is 1.40. The molecule has 0 bridgehead atoms. The molecule has 0 heterocycles. The number of allylic oxidation sites excluding steroid dienone is 1. The van der Waals surface area contributed by atoms with Gasteiger partial charge in [0.05, 0.1) is 7.11 Å². The van der Waals surface area contributed by atoms with Crippen LogP contribution >= 0.6 is 11.8 Å².